The van der Waals surface area contributed by atoms with Gasteiger partial charge in [-0.25, -0.2) is 8.42 Å². The summed E-state index contributed by atoms with van der Waals surface area (Å²) in [5.74, 6) is -0.397. The van der Waals surface area contributed by atoms with E-state index in [1.165, 1.54) is 0 Å². The lowest BCUT2D eigenvalue weighted by Gasteiger charge is -2.01. The molecule has 0 aliphatic heterocycles. The zero-order valence-corrected chi connectivity index (χ0v) is 10.7. The monoisotopic (exact) mass is 249 g/mol. The Labute approximate surface area is 102 Å². The third kappa shape index (κ3) is 2.07. The summed E-state index contributed by atoms with van der Waals surface area (Å²) in [7, 11) is -3.12. The Morgan fingerprint density at radius 3 is 2.35 bits per heavy atom. The van der Waals surface area contributed by atoms with E-state index in [1.807, 2.05) is 31.2 Å². The number of hydrogen-bond acceptors (Lipinski definition) is 3. The van der Waals surface area contributed by atoms with Crippen LogP contribution in [-0.2, 0) is 9.84 Å². The number of benzene rings is 1. The van der Waals surface area contributed by atoms with Gasteiger partial charge in [0.2, 0.25) is 0 Å². The van der Waals surface area contributed by atoms with Crippen LogP contribution >= 0.6 is 0 Å². The molecular weight excluding hydrogens is 234 g/mol. The highest BCUT2D eigenvalue weighted by Crippen LogP contribution is 2.52. The molecule has 0 heterocycles. The van der Waals surface area contributed by atoms with Crippen molar-refractivity contribution >= 4 is 9.84 Å². The lowest BCUT2D eigenvalue weighted by Crippen LogP contribution is -2.12. The van der Waals surface area contributed by atoms with E-state index in [2.05, 4.69) is 6.07 Å². The Morgan fingerprint density at radius 2 is 1.88 bits per heavy atom. The zero-order valence-electron chi connectivity index (χ0n) is 9.92. The second-order valence-electron chi connectivity index (χ2n) is 4.51. The predicted octanol–water partition coefficient (Wildman–Crippen LogP) is 2.04. The van der Waals surface area contributed by atoms with Gasteiger partial charge in [-0.3, -0.25) is 0 Å². The standard InChI is InChI=1S/C13H15NO2S/c1-3-17(15,16)13-11(8-14)12(13)10-6-4-9(2)5-7-10/h4-7,11-13H,3H2,1-2H3. The second kappa shape index (κ2) is 4.15. The Morgan fingerprint density at radius 1 is 1.29 bits per heavy atom. The number of sulfone groups is 1. The molecule has 0 spiro atoms. The van der Waals surface area contributed by atoms with Crippen LogP contribution in [0, 0.1) is 24.2 Å². The van der Waals surface area contributed by atoms with Crippen molar-refractivity contribution in [2.45, 2.75) is 25.0 Å². The van der Waals surface area contributed by atoms with Gasteiger partial charge in [0.05, 0.1) is 17.2 Å². The van der Waals surface area contributed by atoms with E-state index in [-0.39, 0.29) is 17.6 Å². The lowest BCUT2D eigenvalue weighted by atomic mass is 10.1. The maximum absolute atomic E-state index is 11.8. The summed E-state index contributed by atoms with van der Waals surface area (Å²) < 4.78 is 23.7. The average molecular weight is 249 g/mol. The van der Waals surface area contributed by atoms with Crippen molar-refractivity contribution in [1.29, 1.82) is 5.26 Å². The quantitative estimate of drug-likeness (QED) is 0.823. The summed E-state index contributed by atoms with van der Waals surface area (Å²) in [6.45, 7) is 3.62. The molecule has 1 aromatic rings. The van der Waals surface area contributed by atoms with Crippen LogP contribution in [0.2, 0.25) is 0 Å². The Hall–Kier alpha value is -1.34. The average Bonchev–Trinajstić information content (AvgIpc) is 3.05. The molecule has 1 aliphatic carbocycles. The van der Waals surface area contributed by atoms with Gasteiger partial charge in [-0.15, -0.1) is 0 Å². The van der Waals surface area contributed by atoms with Crippen LogP contribution in [0.15, 0.2) is 24.3 Å². The number of nitriles is 1. The molecule has 0 amide bonds. The SMILES string of the molecule is CCS(=O)(=O)C1C(C#N)C1c1ccc(C)cc1. The van der Waals surface area contributed by atoms with Crippen molar-refractivity contribution in [2.24, 2.45) is 5.92 Å². The molecule has 1 saturated carbocycles. The zero-order chi connectivity index (χ0) is 12.6. The first kappa shape index (κ1) is 12.1. The van der Waals surface area contributed by atoms with Crippen molar-refractivity contribution in [2.75, 3.05) is 5.75 Å². The van der Waals surface area contributed by atoms with E-state index in [4.69, 9.17) is 5.26 Å². The predicted molar refractivity (Wildman–Crippen MR) is 66.3 cm³/mol. The molecule has 3 atom stereocenters. The largest absolute Gasteiger partial charge is 0.228 e. The van der Waals surface area contributed by atoms with Gasteiger partial charge in [-0.2, -0.15) is 5.26 Å². The fourth-order valence-electron chi connectivity index (χ4n) is 2.26. The number of rotatable bonds is 3. The third-order valence-corrected chi connectivity index (χ3v) is 5.60. The van der Waals surface area contributed by atoms with Crippen LogP contribution < -0.4 is 0 Å². The summed E-state index contributed by atoms with van der Waals surface area (Å²) in [6, 6.07) is 9.88. The van der Waals surface area contributed by atoms with Gasteiger partial charge in [0, 0.05) is 11.7 Å². The Bertz CT molecular complexity index is 554. The first-order valence-corrected chi connectivity index (χ1v) is 7.40. The number of nitrogens with zero attached hydrogens (tertiary/aromatic N) is 1. The van der Waals surface area contributed by atoms with Gasteiger partial charge >= 0.3 is 0 Å². The maximum Gasteiger partial charge on any atom is 0.154 e. The van der Waals surface area contributed by atoms with Gasteiger partial charge in [-0.1, -0.05) is 36.8 Å². The molecule has 90 valence electrons. The minimum Gasteiger partial charge on any atom is -0.228 e. The maximum atomic E-state index is 11.8. The van der Waals surface area contributed by atoms with Gasteiger partial charge in [0.25, 0.3) is 0 Å². The highest BCUT2D eigenvalue weighted by molar-refractivity contribution is 7.92. The molecule has 1 aliphatic rings. The van der Waals surface area contributed by atoms with E-state index in [1.54, 1.807) is 6.92 Å². The van der Waals surface area contributed by atoms with Crippen LogP contribution in [0.25, 0.3) is 0 Å². The summed E-state index contributed by atoms with van der Waals surface area (Å²) in [5, 5.41) is 8.51. The first-order chi connectivity index (χ1) is 8.01. The Kier molecular flexibility index (Phi) is 2.96. The molecule has 17 heavy (non-hydrogen) atoms. The van der Waals surface area contributed by atoms with Gasteiger partial charge < -0.3 is 0 Å². The third-order valence-electron chi connectivity index (χ3n) is 3.38. The molecular formula is C13H15NO2S. The van der Waals surface area contributed by atoms with Crippen LogP contribution in [-0.4, -0.2) is 19.4 Å². The van der Waals surface area contributed by atoms with Crippen molar-refractivity contribution < 1.29 is 8.42 Å². The van der Waals surface area contributed by atoms with Gasteiger partial charge in [0.1, 0.15) is 0 Å². The summed E-state index contributed by atoms with van der Waals surface area (Å²) in [6.07, 6.45) is 0. The minimum atomic E-state index is -3.12. The highest BCUT2D eigenvalue weighted by atomic mass is 32.2. The molecule has 0 bridgehead atoms. The summed E-state index contributed by atoms with van der Waals surface area (Å²) >= 11 is 0. The molecule has 3 unspecified atom stereocenters. The molecule has 0 radical (unpaired) electrons. The minimum absolute atomic E-state index is 0.109. The summed E-state index contributed by atoms with van der Waals surface area (Å²) in [5.41, 5.74) is 2.10. The fourth-order valence-corrected chi connectivity index (χ4v) is 4.01. The van der Waals surface area contributed by atoms with Crippen molar-refractivity contribution in [1.82, 2.24) is 0 Å². The van der Waals surface area contributed by atoms with Gasteiger partial charge in [0.15, 0.2) is 9.84 Å². The van der Waals surface area contributed by atoms with E-state index < -0.39 is 15.1 Å². The smallest absolute Gasteiger partial charge is 0.154 e. The van der Waals surface area contributed by atoms with Crippen molar-refractivity contribution in [3.8, 4) is 6.07 Å². The van der Waals surface area contributed by atoms with Crippen molar-refractivity contribution in [3.63, 3.8) is 0 Å². The van der Waals surface area contributed by atoms with Gasteiger partial charge in [-0.05, 0) is 12.5 Å². The molecule has 2 rings (SSSR count). The van der Waals surface area contributed by atoms with Crippen LogP contribution in [0.4, 0.5) is 0 Å². The van der Waals surface area contributed by atoms with E-state index in [0.717, 1.165) is 11.1 Å². The highest BCUT2D eigenvalue weighted by Gasteiger charge is 2.58. The van der Waals surface area contributed by atoms with E-state index in [9.17, 15) is 8.42 Å². The van der Waals surface area contributed by atoms with Crippen molar-refractivity contribution in [3.05, 3.63) is 35.4 Å². The Balaban J connectivity index is 2.30. The van der Waals surface area contributed by atoms with Crippen LogP contribution in [0.3, 0.4) is 0 Å². The van der Waals surface area contributed by atoms with Crippen LogP contribution in [0.1, 0.15) is 24.0 Å². The van der Waals surface area contributed by atoms with Crippen LogP contribution in [0.5, 0.6) is 0 Å². The fraction of sp³-hybridized carbons (Fsp3) is 0.462. The topological polar surface area (TPSA) is 57.9 Å². The molecule has 1 aromatic carbocycles. The summed E-state index contributed by atoms with van der Waals surface area (Å²) in [4.78, 5) is 0. The molecule has 0 N–H and O–H groups in total. The molecule has 3 nitrogen and oxygen atoms in total. The van der Waals surface area contributed by atoms with E-state index >= 15 is 0 Å². The molecule has 0 saturated heterocycles. The second-order valence-corrected chi connectivity index (χ2v) is 6.95. The molecule has 4 heteroatoms. The normalized spacial score (nSPS) is 27.5. The lowest BCUT2D eigenvalue weighted by molar-refractivity contribution is 0.594. The number of hydrogen-bond donors (Lipinski definition) is 0. The first-order valence-electron chi connectivity index (χ1n) is 5.69. The number of aryl methyl sites for hydroxylation is 1. The van der Waals surface area contributed by atoms with E-state index in [0.29, 0.717) is 0 Å². The molecule has 0 aromatic heterocycles. The molecule has 1 fully saturated rings.